The van der Waals surface area contributed by atoms with Crippen LogP contribution in [-0.2, 0) is 9.47 Å². The largest absolute Gasteiger partial charge is 0.383 e. The maximum Gasteiger partial charge on any atom is 0.0615 e. The Labute approximate surface area is 119 Å². The van der Waals surface area contributed by atoms with E-state index in [1.54, 1.807) is 14.2 Å². The Bertz CT molecular complexity index is 191. The Kier molecular flexibility index (Phi) is 12.7. The van der Waals surface area contributed by atoms with Crippen molar-refractivity contribution < 1.29 is 9.47 Å². The minimum atomic E-state index is 0.453. The maximum absolute atomic E-state index is 5.65. The molecule has 4 nitrogen and oxygen atoms in total. The highest BCUT2D eigenvalue weighted by Crippen LogP contribution is 2.15. The topological polar surface area (TPSA) is 47.7 Å². The molecule has 2 unspecified atom stereocenters. The Hall–Kier alpha value is -0.160. The highest BCUT2D eigenvalue weighted by molar-refractivity contribution is 4.68. The van der Waals surface area contributed by atoms with Crippen molar-refractivity contribution in [1.29, 1.82) is 0 Å². The molecule has 0 radical (unpaired) electrons. The van der Waals surface area contributed by atoms with Crippen LogP contribution in [0.2, 0.25) is 0 Å². The third kappa shape index (κ3) is 9.38. The molecule has 0 aromatic rings. The van der Waals surface area contributed by atoms with E-state index >= 15 is 0 Å². The van der Waals surface area contributed by atoms with Crippen LogP contribution in [0.4, 0.5) is 0 Å². The average molecular weight is 274 g/mol. The van der Waals surface area contributed by atoms with Crippen molar-refractivity contribution in [2.75, 3.05) is 47.1 Å². The van der Waals surface area contributed by atoms with Gasteiger partial charge in [0.25, 0.3) is 0 Å². The summed E-state index contributed by atoms with van der Waals surface area (Å²) >= 11 is 0. The highest BCUT2D eigenvalue weighted by atomic mass is 16.5. The molecule has 0 amide bonds. The van der Waals surface area contributed by atoms with Crippen molar-refractivity contribution in [3.8, 4) is 0 Å². The van der Waals surface area contributed by atoms with Crippen LogP contribution in [0, 0.1) is 5.92 Å². The third-order valence-corrected chi connectivity index (χ3v) is 3.82. The van der Waals surface area contributed by atoms with Crippen LogP contribution in [0.1, 0.15) is 39.5 Å². The highest BCUT2D eigenvalue weighted by Gasteiger charge is 2.14. The van der Waals surface area contributed by atoms with Crippen molar-refractivity contribution in [3.63, 3.8) is 0 Å². The quantitative estimate of drug-likeness (QED) is 0.559. The van der Waals surface area contributed by atoms with E-state index in [1.807, 2.05) is 0 Å². The summed E-state index contributed by atoms with van der Waals surface area (Å²) in [5.74, 6) is 0.784. The number of methoxy groups -OCH3 is 2. The van der Waals surface area contributed by atoms with Gasteiger partial charge in [0, 0.05) is 26.8 Å². The summed E-state index contributed by atoms with van der Waals surface area (Å²) in [6.45, 7) is 8.96. The number of ether oxygens (including phenoxy) is 2. The summed E-state index contributed by atoms with van der Waals surface area (Å²) in [6, 6.07) is 0.453. The van der Waals surface area contributed by atoms with Gasteiger partial charge in [-0.25, -0.2) is 0 Å². The molecule has 0 aliphatic heterocycles. The molecule has 2 atom stereocenters. The first-order chi connectivity index (χ1) is 9.19. The van der Waals surface area contributed by atoms with E-state index in [0.29, 0.717) is 6.04 Å². The van der Waals surface area contributed by atoms with Crippen molar-refractivity contribution in [1.82, 2.24) is 4.90 Å². The van der Waals surface area contributed by atoms with Crippen LogP contribution < -0.4 is 5.73 Å². The van der Waals surface area contributed by atoms with E-state index in [2.05, 4.69) is 18.7 Å². The van der Waals surface area contributed by atoms with Crippen LogP contribution in [0.25, 0.3) is 0 Å². The number of rotatable bonds is 13. The zero-order valence-corrected chi connectivity index (χ0v) is 13.4. The predicted molar refractivity (Wildman–Crippen MR) is 81.5 cm³/mol. The second-order valence-corrected chi connectivity index (χ2v) is 5.33. The van der Waals surface area contributed by atoms with Crippen LogP contribution in [0.5, 0.6) is 0 Å². The molecule has 2 N–H and O–H groups in total. The van der Waals surface area contributed by atoms with E-state index in [1.165, 1.54) is 19.3 Å². The first kappa shape index (κ1) is 18.8. The lowest BCUT2D eigenvalue weighted by atomic mass is 9.96. The molecule has 0 fully saturated rings. The van der Waals surface area contributed by atoms with Gasteiger partial charge in [-0.3, -0.25) is 4.90 Å². The standard InChI is InChI=1S/C15H34N2O2/c1-5-15(8-9-16)7-6-10-17(11-12-18-3)14(2)13-19-4/h14-15H,5-13,16H2,1-4H3. The van der Waals surface area contributed by atoms with E-state index < -0.39 is 0 Å². The Morgan fingerprint density at radius 1 is 1.11 bits per heavy atom. The van der Waals surface area contributed by atoms with Gasteiger partial charge < -0.3 is 15.2 Å². The fraction of sp³-hybridized carbons (Fsp3) is 1.00. The van der Waals surface area contributed by atoms with Crippen LogP contribution in [0.3, 0.4) is 0 Å². The molecule has 19 heavy (non-hydrogen) atoms. The van der Waals surface area contributed by atoms with Crippen molar-refractivity contribution in [2.24, 2.45) is 11.7 Å². The minimum absolute atomic E-state index is 0.453. The third-order valence-electron chi connectivity index (χ3n) is 3.82. The van der Waals surface area contributed by atoms with Gasteiger partial charge >= 0.3 is 0 Å². The zero-order chi connectivity index (χ0) is 14.5. The van der Waals surface area contributed by atoms with Crippen LogP contribution in [0.15, 0.2) is 0 Å². The van der Waals surface area contributed by atoms with Gasteiger partial charge in [-0.1, -0.05) is 13.3 Å². The van der Waals surface area contributed by atoms with Crippen LogP contribution >= 0.6 is 0 Å². The average Bonchev–Trinajstić information content (AvgIpc) is 2.41. The molecular formula is C15H34N2O2. The van der Waals surface area contributed by atoms with Crippen LogP contribution in [-0.4, -0.2) is 58.0 Å². The number of hydrogen-bond donors (Lipinski definition) is 1. The fourth-order valence-corrected chi connectivity index (χ4v) is 2.48. The van der Waals surface area contributed by atoms with Gasteiger partial charge in [0.2, 0.25) is 0 Å². The Morgan fingerprint density at radius 2 is 1.84 bits per heavy atom. The van der Waals surface area contributed by atoms with Gasteiger partial charge in [0.05, 0.1) is 13.2 Å². The van der Waals surface area contributed by atoms with E-state index in [0.717, 1.165) is 45.2 Å². The molecule has 0 aromatic heterocycles. The Morgan fingerprint density at radius 3 is 2.37 bits per heavy atom. The SMILES string of the molecule is CCC(CCN)CCCN(CCOC)C(C)COC. The van der Waals surface area contributed by atoms with Crippen molar-refractivity contribution in [2.45, 2.75) is 45.6 Å². The minimum Gasteiger partial charge on any atom is -0.383 e. The smallest absolute Gasteiger partial charge is 0.0615 e. The molecular weight excluding hydrogens is 240 g/mol. The predicted octanol–water partition coefficient (Wildman–Crippen LogP) is 2.12. The summed E-state index contributed by atoms with van der Waals surface area (Å²) in [6.07, 6.45) is 4.90. The monoisotopic (exact) mass is 274 g/mol. The number of nitrogens with two attached hydrogens (primary N) is 1. The molecule has 0 saturated heterocycles. The molecule has 0 aliphatic rings. The number of nitrogens with zero attached hydrogens (tertiary/aromatic N) is 1. The van der Waals surface area contributed by atoms with Gasteiger partial charge in [-0.2, -0.15) is 0 Å². The second-order valence-electron chi connectivity index (χ2n) is 5.33. The zero-order valence-electron chi connectivity index (χ0n) is 13.4. The van der Waals surface area contributed by atoms with Crippen molar-refractivity contribution >= 4 is 0 Å². The number of hydrogen-bond acceptors (Lipinski definition) is 4. The first-order valence-electron chi connectivity index (χ1n) is 7.61. The fourth-order valence-electron chi connectivity index (χ4n) is 2.48. The van der Waals surface area contributed by atoms with Gasteiger partial charge in [0.1, 0.15) is 0 Å². The molecule has 0 heterocycles. The van der Waals surface area contributed by atoms with E-state index in [9.17, 15) is 0 Å². The summed E-state index contributed by atoms with van der Waals surface area (Å²) < 4.78 is 10.4. The normalized spacial score (nSPS) is 14.8. The summed E-state index contributed by atoms with van der Waals surface area (Å²) in [7, 11) is 3.52. The van der Waals surface area contributed by atoms with E-state index in [4.69, 9.17) is 15.2 Å². The lowest BCUT2D eigenvalue weighted by molar-refractivity contribution is 0.0731. The molecule has 0 rings (SSSR count). The second kappa shape index (κ2) is 12.9. The summed E-state index contributed by atoms with van der Waals surface area (Å²) in [5.41, 5.74) is 5.65. The van der Waals surface area contributed by atoms with Gasteiger partial charge in [-0.05, 0) is 45.2 Å². The first-order valence-corrected chi connectivity index (χ1v) is 7.61. The van der Waals surface area contributed by atoms with Crippen molar-refractivity contribution in [3.05, 3.63) is 0 Å². The lowest BCUT2D eigenvalue weighted by Crippen LogP contribution is -2.39. The lowest BCUT2D eigenvalue weighted by Gasteiger charge is -2.29. The van der Waals surface area contributed by atoms with Gasteiger partial charge in [0.15, 0.2) is 0 Å². The summed E-state index contributed by atoms with van der Waals surface area (Å²) in [4.78, 5) is 2.46. The summed E-state index contributed by atoms with van der Waals surface area (Å²) in [5, 5.41) is 0. The Balaban J connectivity index is 4.02. The molecule has 0 saturated carbocycles. The van der Waals surface area contributed by atoms with E-state index in [-0.39, 0.29) is 0 Å². The molecule has 4 heteroatoms. The molecule has 0 spiro atoms. The molecule has 0 bridgehead atoms. The maximum atomic E-state index is 5.65. The molecule has 0 aliphatic carbocycles. The molecule has 0 aromatic carbocycles. The molecule has 116 valence electrons. The van der Waals surface area contributed by atoms with Gasteiger partial charge in [-0.15, -0.1) is 0 Å².